The minimum atomic E-state index is -0.416. The van der Waals surface area contributed by atoms with E-state index in [1.165, 1.54) is 42.6 Å². The number of aromatic nitrogens is 1. The summed E-state index contributed by atoms with van der Waals surface area (Å²) in [7, 11) is 0. The summed E-state index contributed by atoms with van der Waals surface area (Å²) in [4.78, 5) is 18.2. The lowest BCUT2D eigenvalue weighted by Gasteiger charge is -2.44. The van der Waals surface area contributed by atoms with Gasteiger partial charge >= 0.3 is 0 Å². The van der Waals surface area contributed by atoms with Crippen molar-refractivity contribution in [1.29, 1.82) is 0 Å². The monoisotopic (exact) mass is 515 g/mol. The van der Waals surface area contributed by atoms with Crippen molar-refractivity contribution in [2.24, 2.45) is 23.2 Å². The fraction of sp³-hybridized carbons (Fsp3) is 0.733. The average molecular weight is 516 g/mol. The van der Waals surface area contributed by atoms with Crippen molar-refractivity contribution >= 4 is 17.1 Å². The molecule has 0 aromatic carbocycles. The molecule has 0 bridgehead atoms. The number of hydrogen-bond donors (Lipinski definition) is 3. The van der Waals surface area contributed by atoms with Gasteiger partial charge < -0.3 is 15.3 Å². The van der Waals surface area contributed by atoms with Crippen molar-refractivity contribution < 1.29 is 20.1 Å². The van der Waals surface area contributed by atoms with E-state index in [-0.39, 0.29) is 12.4 Å². The number of Topliss-reactive ketones (excluding diaryl/α,β-unsaturated/α-hetero) is 1. The van der Waals surface area contributed by atoms with Gasteiger partial charge in [-0.2, -0.15) is 0 Å². The number of aliphatic hydroxyl groups is 3. The maximum absolute atomic E-state index is 12.7. The molecule has 0 radical (unpaired) electrons. The number of aliphatic hydroxyl groups excluding tert-OH is 3. The topological polar surface area (TPSA) is 90.7 Å². The van der Waals surface area contributed by atoms with Gasteiger partial charge in [0, 0.05) is 24.3 Å². The van der Waals surface area contributed by atoms with Gasteiger partial charge in [0.15, 0.2) is 10.8 Å². The van der Waals surface area contributed by atoms with Gasteiger partial charge in [-0.15, -0.1) is 11.3 Å². The van der Waals surface area contributed by atoms with Crippen molar-refractivity contribution in [2.75, 3.05) is 6.61 Å². The Morgan fingerprint density at radius 1 is 1.22 bits per heavy atom. The van der Waals surface area contributed by atoms with Gasteiger partial charge in [-0.05, 0) is 94.3 Å². The summed E-state index contributed by atoms with van der Waals surface area (Å²) in [6, 6.07) is 0. The highest BCUT2D eigenvalue weighted by Gasteiger charge is 2.50. The van der Waals surface area contributed by atoms with Gasteiger partial charge in [0.25, 0.3) is 0 Å². The van der Waals surface area contributed by atoms with E-state index in [4.69, 9.17) is 0 Å². The van der Waals surface area contributed by atoms with E-state index in [1.807, 2.05) is 6.92 Å². The van der Waals surface area contributed by atoms with Crippen LogP contribution in [0.25, 0.3) is 0 Å². The molecule has 1 aromatic heterocycles. The second kappa shape index (κ2) is 12.0. The maximum atomic E-state index is 12.7. The maximum Gasteiger partial charge on any atom is 0.191 e. The lowest BCUT2D eigenvalue weighted by Crippen LogP contribution is -2.36. The van der Waals surface area contributed by atoms with E-state index in [1.54, 1.807) is 5.57 Å². The summed E-state index contributed by atoms with van der Waals surface area (Å²) in [6.07, 6.45) is 14.9. The van der Waals surface area contributed by atoms with Crippen LogP contribution in [0.5, 0.6) is 0 Å². The summed E-state index contributed by atoms with van der Waals surface area (Å²) >= 11 is 1.45. The molecule has 3 fully saturated rings. The molecule has 6 atom stereocenters. The molecule has 36 heavy (non-hydrogen) atoms. The predicted octanol–water partition coefficient (Wildman–Crippen LogP) is 5.95. The lowest BCUT2D eigenvalue weighted by molar-refractivity contribution is 0.0609. The zero-order valence-corrected chi connectivity index (χ0v) is 23.2. The third-order valence-electron chi connectivity index (χ3n) is 9.33. The van der Waals surface area contributed by atoms with Crippen LogP contribution in [-0.2, 0) is 6.42 Å². The normalized spacial score (nSPS) is 33.7. The molecule has 1 aromatic rings. The van der Waals surface area contributed by atoms with Crippen LogP contribution in [0.3, 0.4) is 0 Å². The number of thiazole rings is 1. The molecule has 1 heterocycles. The van der Waals surface area contributed by atoms with Gasteiger partial charge in [0.05, 0.1) is 17.9 Å². The Balaban J connectivity index is 1.34. The van der Waals surface area contributed by atoms with Crippen LogP contribution >= 0.6 is 11.3 Å². The molecule has 2 unspecified atom stereocenters. The Labute approximate surface area is 220 Å². The van der Waals surface area contributed by atoms with E-state index >= 15 is 0 Å². The first-order valence-corrected chi connectivity index (χ1v) is 14.9. The summed E-state index contributed by atoms with van der Waals surface area (Å²) in [5, 5.41) is 29.8. The number of carbonyl (C=O) groups excluding carboxylic acids is 1. The Morgan fingerprint density at radius 2 is 1.97 bits per heavy atom. The van der Waals surface area contributed by atoms with E-state index < -0.39 is 12.2 Å². The fourth-order valence-electron chi connectivity index (χ4n) is 7.52. The zero-order chi connectivity index (χ0) is 25.9. The molecule has 4 rings (SSSR count). The molecule has 0 amide bonds. The molecule has 3 aliphatic rings. The summed E-state index contributed by atoms with van der Waals surface area (Å²) < 4.78 is 0. The molecule has 0 aliphatic heterocycles. The smallest absolute Gasteiger partial charge is 0.191 e. The summed E-state index contributed by atoms with van der Waals surface area (Å²) in [6.45, 7) is 6.91. The highest BCUT2D eigenvalue weighted by Crippen LogP contribution is 2.59. The average Bonchev–Trinajstić information content (AvgIpc) is 3.37. The van der Waals surface area contributed by atoms with Crippen molar-refractivity contribution in [2.45, 2.75) is 110 Å². The third kappa shape index (κ3) is 6.20. The molecule has 3 N–H and O–H groups in total. The first kappa shape index (κ1) is 27.7. The Kier molecular flexibility index (Phi) is 9.24. The van der Waals surface area contributed by atoms with Crippen molar-refractivity contribution in [3.63, 3.8) is 0 Å². The number of hydrogen-bond acceptors (Lipinski definition) is 6. The number of ketones is 1. The van der Waals surface area contributed by atoms with E-state index in [0.29, 0.717) is 60.3 Å². The first-order chi connectivity index (χ1) is 17.2. The number of fused-ring (bicyclic) bond motifs is 1. The van der Waals surface area contributed by atoms with Crippen LogP contribution in [0.15, 0.2) is 23.3 Å². The molecule has 5 nitrogen and oxygen atoms in total. The van der Waals surface area contributed by atoms with Crippen LogP contribution in [0, 0.1) is 30.1 Å². The Bertz CT molecular complexity index is 970. The molecule has 6 heteroatoms. The number of aryl methyl sites for hydroxylation is 1. The summed E-state index contributed by atoms with van der Waals surface area (Å²) in [5.41, 5.74) is 3.94. The molecule has 0 spiro atoms. The molecular weight excluding hydrogens is 470 g/mol. The molecular formula is C30H45NO4S. The Morgan fingerprint density at radius 3 is 2.69 bits per heavy atom. The first-order valence-electron chi connectivity index (χ1n) is 14.1. The van der Waals surface area contributed by atoms with Crippen molar-refractivity contribution in [3.05, 3.63) is 38.9 Å². The minimum Gasteiger partial charge on any atom is -0.396 e. The Hall–Kier alpha value is -1.34. The molecule has 3 aliphatic carbocycles. The van der Waals surface area contributed by atoms with Crippen LogP contribution in [-0.4, -0.2) is 44.9 Å². The van der Waals surface area contributed by atoms with Gasteiger partial charge in [-0.25, -0.2) is 4.98 Å². The van der Waals surface area contributed by atoms with E-state index in [2.05, 4.69) is 31.0 Å². The van der Waals surface area contributed by atoms with Crippen molar-refractivity contribution in [1.82, 2.24) is 4.98 Å². The second-order valence-corrected chi connectivity index (χ2v) is 13.0. The van der Waals surface area contributed by atoms with E-state index in [0.717, 1.165) is 29.8 Å². The number of allylic oxidation sites excluding steroid dienone is 3. The number of rotatable bonds is 9. The third-order valence-corrected chi connectivity index (χ3v) is 10.6. The second-order valence-electron chi connectivity index (χ2n) is 11.9. The van der Waals surface area contributed by atoms with Crippen LogP contribution in [0.2, 0.25) is 0 Å². The highest BCUT2D eigenvalue weighted by atomic mass is 32.1. The van der Waals surface area contributed by atoms with Gasteiger partial charge in [0.2, 0.25) is 0 Å². The van der Waals surface area contributed by atoms with Crippen molar-refractivity contribution in [3.8, 4) is 0 Å². The van der Waals surface area contributed by atoms with Gasteiger partial charge in [0.1, 0.15) is 0 Å². The van der Waals surface area contributed by atoms with E-state index in [9.17, 15) is 20.1 Å². The number of nitrogens with zero attached hydrogens (tertiary/aromatic N) is 1. The SMILES string of the molecule is Cc1nc(C(=O)CCCC(C)[C@H]2CCC3/C(=C\C=C4C[C@@H](O)C[C@@H](O)C4)CCC[C@@]32C)sc1CCO. The minimum absolute atomic E-state index is 0.0932. The quantitative estimate of drug-likeness (QED) is 0.354. The van der Waals surface area contributed by atoms with Crippen LogP contribution < -0.4 is 0 Å². The fourth-order valence-corrected chi connectivity index (χ4v) is 8.54. The molecule has 3 saturated carbocycles. The zero-order valence-electron chi connectivity index (χ0n) is 22.3. The molecule has 200 valence electrons. The number of carbonyl (C=O) groups is 1. The standard InChI is InChI=1S/C30H45NO4S/c1-19(6-4-8-27(35)29-31-20(2)28(36-29)13-15-32)25-11-12-26-22(7-5-14-30(25,26)3)10-9-21-16-23(33)18-24(34)17-21/h9-10,19,23-26,32-34H,4-8,11-18H2,1-3H3/b21-9?,22-10-/t19?,23-,24+,25-,26?,30-/m1/s1. The summed E-state index contributed by atoms with van der Waals surface area (Å²) in [5.74, 6) is 2.05. The largest absolute Gasteiger partial charge is 0.396 e. The molecule has 0 saturated heterocycles. The lowest BCUT2D eigenvalue weighted by atomic mass is 9.60. The van der Waals surface area contributed by atoms with Crippen LogP contribution in [0.1, 0.15) is 105 Å². The van der Waals surface area contributed by atoms with Gasteiger partial charge in [-0.1, -0.05) is 37.1 Å². The van der Waals surface area contributed by atoms with Crippen LogP contribution in [0.4, 0.5) is 0 Å². The predicted molar refractivity (Wildman–Crippen MR) is 145 cm³/mol. The van der Waals surface area contributed by atoms with Gasteiger partial charge in [-0.3, -0.25) is 4.79 Å². The highest BCUT2D eigenvalue weighted by molar-refractivity contribution is 7.13.